The molecule has 0 fully saturated rings. The summed E-state index contributed by atoms with van der Waals surface area (Å²) in [5.74, 6) is 2.35. The third-order valence-electron chi connectivity index (χ3n) is 5.98. The molecular weight excluding hydrogens is 388 g/mol. The Morgan fingerprint density at radius 1 is 1.17 bits per heavy atom. The van der Waals surface area contributed by atoms with Crippen LogP contribution in [0.1, 0.15) is 27.4 Å². The Hall–Kier alpha value is -3.19. The van der Waals surface area contributed by atoms with E-state index >= 15 is 0 Å². The van der Waals surface area contributed by atoms with E-state index < -0.39 is 12.0 Å². The summed E-state index contributed by atoms with van der Waals surface area (Å²) in [5.41, 5.74) is 2.67. The van der Waals surface area contributed by atoms with Gasteiger partial charge in [-0.05, 0) is 23.8 Å². The van der Waals surface area contributed by atoms with Crippen molar-refractivity contribution in [2.45, 2.75) is 24.5 Å². The summed E-state index contributed by atoms with van der Waals surface area (Å²) in [6.45, 7) is 3.96. The second kappa shape index (κ2) is 6.95. The molecule has 7 nitrogen and oxygen atoms in total. The maximum atomic E-state index is 13.5. The van der Waals surface area contributed by atoms with Gasteiger partial charge < -0.3 is 28.8 Å². The number of rotatable bonds is 4. The number of fused-ring (bicyclic) bond motifs is 6. The molecule has 0 amide bonds. The number of benzene rings is 2. The molecule has 3 aliphatic rings. The first-order chi connectivity index (χ1) is 14.5. The number of carbonyl (C=O) groups excluding carboxylic acids is 1. The van der Waals surface area contributed by atoms with Gasteiger partial charge in [-0.3, -0.25) is 4.79 Å². The van der Waals surface area contributed by atoms with Crippen molar-refractivity contribution in [1.29, 1.82) is 0 Å². The number of aliphatic hydroxyl groups excluding tert-OH is 1. The predicted octanol–water partition coefficient (Wildman–Crippen LogP) is 2.68. The highest BCUT2D eigenvalue weighted by molar-refractivity contribution is 6.06. The van der Waals surface area contributed by atoms with E-state index in [0.29, 0.717) is 46.3 Å². The topological polar surface area (TPSA) is 83.5 Å². The number of aliphatic hydroxyl groups is 1. The standard InChI is InChI=1S/C23H22O7/c1-11(9-24)16-7-14-15(29-16)5-4-12-22(25)21-13-6-18(26-2)19(27-3)8-17(13)28-10-20(21)30-23(12)14/h4-6,8,16,20-21,24H,1,7,9-10H2,2-3H3/t16-,20+,21+/m1/s1. The summed E-state index contributed by atoms with van der Waals surface area (Å²) in [6, 6.07) is 7.06. The Morgan fingerprint density at radius 2 is 1.93 bits per heavy atom. The molecule has 3 aliphatic heterocycles. The van der Waals surface area contributed by atoms with Gasteiger partial charge in [0.15, 0.2) is 17.3 Å². The second-order valence-electron chi connectivity index (χ2n) is 7.60. The minimum absolute atomic E-state index is 0.0229. The number of ether oxygens (including phenoxy) is 5. The van der Waals surface area contributed by atoms with Crippen LogP contribution in [0, 0.1) is 0 Å². The van der Waals surface area contributed by atoms with E-state index in [1.165, 1.54) is 0 Å². The van der Waals surface area contributed by atoms with Crippen LogP contribution >= 0.6 is 0 Å². The molecule has 0 unspecified atom stereocenters. The molecule has 156 valence electrons. The van der Waals surface area contributed by atoms with Gasteiger partial charge in [-0.15, -0.1) is 0 Å². The Morgan fingerprint density at radius 3 is 2.67 bits per heavy atom. The van der Waals surface area contributed by atoms with Crippen molar-refractivity contribution in [3.63, 3.8) is 0 Å². The van der Waals surface area contributed by atoms with Gasteiger partial charge in [0.2, 0.25) is 0 Å². The lowest BCUT2D eigenvalue weighted by Gasteiger charge is -2.37. The average molecular weight is 410 g/mol. The van der Waals surface area contributed by atoms with Crippen LogP contribution in [0.4, 0.5) is 0 Å². The van der Waals surface area contributed by atoms with Crippen molar-refractivity contribution in [3.05, 3.63) is 53.1 Å². The monoisotopic (exact) mass is 410 g/mol. The lowest BCUT2D eigenvalue weighted by molar-refractivity contribution is 0.0554. The van der Waals surface area contributed by atoms with Crippen LogP contribution in [0.25, 0.3) is 0 Å². The molecule has 3 heterocycles. The molecule has 0 saturated carbocycles. The fourth-order valence-corrected chi connectivity index (χ4v) is 4.40. The van der Waals surface area contributed by atoms with Crippen molar-refractivity contribution < 1.29 is 33.6 Å². The highest BCUT2D eigenvalue weighted by Crippen LogP contribution is 2.49. The SMILES string of the molecule is C=C(CO)[C@H]1Cc2c(ccc3c2O[C@H]2COc4cc(OC)c(OC)cc4[C@@H]2C3=O)O1. The molecule has 0 radical (unpaired) electrons. The van der Waals surface area contributed by atoms with E-state index in [2.05, 4.69) is 6.58 Å². The molecule has 0 bridgehead atoms. The molecule has 0 saturated heterocycles. The van der Waals surface area contributed by atoms with Crippen LogP contribution in [0.2, 0.25) is 0 Å². The van der Waals surface area contributed by atoms with Crippen molar-refractivity contribution in [1.82, 2.24) is 0 Å². The summed E-state index contributed by atoms with van der Waals surface area (Å²) in [6.07, 6.45) is -0.277. The highest BCUT2D eigenvalue weighted by Gasteiger charge is 2.45. The normalized spacial score (nSPS) is 23.0. The van der Waals surface area contributed by atoms with Gasteiger partial charge in [0.25, 0.3) is 0 Å². The number of ketones is 1. The Kier molecular flexibility index (Phi) is 4.36. The molecule has 1 N–H and O–H groups in total. The van der Waals surface area contributed by atoms with Gasteiger partial charge >= 0.3 is 0 Å². The van der Waals surface area contributed by atoms with Gasteiger partial charge in [-0.1, -0.05) is 6.58 Å². The van der Waals surface area contributed by atoms with Crippen molar-refractivity contribution in [2.75, 3.05) is 27.4 Å². The van der Waals surface area contributed by atoms with Gasteiger partial charge in [0, 0.05) is 23.6 Å². The smallest absolute Gasteiger partial charge is 0.178 e. The van der Waals surface area contributed by atoms with Crippen molar-refractivity contribution in [2.24, 2.45) is 0 Å². The van der Waals surface area contributed by atoms with Crippen LogP contribution in [0.5, 0.6) is 28.7 Å². The third-order valence-corrected chi connectivity index (χ3v) is 5.98. The molecule has 2 aromatic rings. The number of Topliss-reactive ketones (excluding diaryl/α,β-unsaturated/α-hetero) is 1. The number of methoxy groups -OCH3 is 2. The maximum Gasteiger partial charge on any atom is 0.178 e. The van der Waals surface area contributed by atoms with Crippen molar-refractivity contribution >= 4 is 5.78 Å². The molecule has 2 aromatic carbocycles. The lowest BCUT2D eigenvalue weighted by atomic mass is 9.81. The van der Waals surface area contributed by atoms with Gasteiger partial charge in [0.05, 0.1) is 32.3 Å². The molecule has 0 spiro atoms. The van der Waals surface area contributed by atoms with Crippen LogP contribution < -0.4 is 23.7 Å². The molecule has 7 heteroatoms. The fourth-order valence-electron chi connectivity index (χ4n) is 4.40. The van der Waals surface area contributed by atoms with Crippen LogP contribution in [-0.4, -0.2) is 50.5 Å². The predicted molar refractivity (Wildman–Crippen MR) is 107 cm³/mol. The first-order valence-corrected chi connectivity index (χ1v) is 9.76. The zero-order chi connectivity index (χ0) is 21.0. The maximum absolute atomic E-state index is 13.5. The Bertz CT molecular complexity index is 1060. The second-order valence-corrected chi connectivity index (χ2v) is 7.60. The zero-order valence-electron chi connectivity index (χ0n) is 16.8. The highest BCUT2D eigenvalue weighted by atomic mass is 16.5. The van der Waals surface area contributed by atoms with Crippen LogP contribution in [-0.2, 0) is 6.42 Å². The molecule has 0 aliphatic carbocycles. The summed E-state index contributed by atoms with van der Waals surface area (Å²) in [7, 11) is 3.11. The largest absolute Gasteiger partial charge is 0.493 e. The number of hydrogen-bond acceptors (Lipinski definition) is 7. The first-order valence-electron chi connectivity index (χ1n) is 9.76. The van der Waals surface area contributed by atoms with Gasteiger partial charge in [-0.2, -0.15) is 0 Å². The summed E-state index contributed by atoms with van der Waals surface area (Å²) >= 11 is 0. The van der Waals surface area contributed by atoms with E-state index in [-0.39, 0.29) is 25.1 Å². The first kappa shape index (κ1) is 18.8. The van der Waals surface area contributed by atoms with E-state index in [1.807, 2.05) is 0 Å². The van der Waals surface area contributed by atoms with E-state index in [0.717, 1.165) is 11.1 Å². The van der Waals surface area contributed by atoms with Crippen LogP contribution in [0.15, 0.2) is 36.4 Å². The molecule has 3 atom stereocenters. The lowest BCUT2D eigenvalue weighted by Crippen LogP contribution is -2.43. The van der Waals surface area contributed by atoms with Gasteiger partial charge in [0.1, 0.15) is 36.1 Å². The summed E-state index contributed by atoms with van der Waals surface area (Å²) in [5, 5.41) is 9.38. The molecule has 30 heavy (non-hydrogen) atoms. The molecule has 0 aromatic heterocycles. The van der Waals surface area contributed by atoms with Crippen molar-refractivity contribution in [3.8, 4) is 28.7 Å². The molecule has 5 rings (SSSR count). The van der Waals surface area contributed by atoms with E-state index in [9.17, 15) is 9.90 Å². The summed E-state index contributed by atoms with van der Waals surface area (Å²) in [4.78, 5) is 13.5. The number of hydrogen-bond donors (Lipinski definition) is 1. The van der Waals surface area contributed by atoms with E-state index in [4.69, 9.17) is 23.7 Å². The Labute approximate surface area is 173 Å². The minimum Gasteiger partial charge on any atom is -0.493 e. The van der Waals surface area contributed by atoms with E-state index in [1.54, 1.807) is 38.5 Å². The summed E-state index contributed by atoms with van der Waals surface area (Å²) < 4.78 is 28.9. The number of carbonyl (C=O) groups is 1. The Balaban J connectivity index is 1.56. The van der Waals surface area contributed by atoms with Crippen LogP contribution in [0.3, 0.4) is 0 Å². The average Bonchev–Trinajstić information content (AvgIpc) is 3.22. The third kappa shape index (κ3) is 2.65. The minimum atomic E-state index is -0.496. The fraction of sp³-hybridized carbons (Fsp3) is 0.348. The van der Waals surface area contributed by atoms with Gasteiger partial charge in [-0.25, -0.2) is 0 Å². The molecular formula is C23H22O7. The zero-order valence-corrected chi connectivity index (χ0v) is 16.8. The quantitative estimate of drug-likeness (QED) is 0.776.